The average Bonchev–Trinajstić information content (AvgIpc) is 3.19. The molecule has 1 fully saturated rings. The van der Waals surface area contributed by atoms with E-state index in [9.17, 15) is 4.79 Å². The van der Waals surface area contributed by atoms with Gasteiger partial charge < -0.3 is 9.30 Å². The summed E-state index contributed by atoms with van der Waals surface area (Å²) in [6.07, 6.45) is 2.29. The summed E-state index contributed by atoms with van der Waals surface area (Å²) >= 11 is 3.48. The van der Waals surface area contributed by atoms with Crippen LogP contribution in [0.1, 0.15) is 45.5 Å². The van der Waals surface area contributed by atoms with Gasteiger partial charge in [0.05, 0.1) is 17.6 Å². The van der Waals surface area contributed by atoms with Crippen LogP contribution in [0.4, 0.5) is 0 Å². The number of fused-ring (bicyclic) bond motifs is 1. The highest BCUT2D eigenvalue weighted by atomic mass is 79.9. The molecule has 5 heteroatoms. The van der Waals surface area contributed by atoms with Crippen molar-refractivity contribution >= 4 is 32.9 Å². The molecule has 1 aromatic carbocycles. The van der Waals surface area contributed by atoms with Crippen molar-refractivity contribution in [3.05, 3.63) is 28.5 Å². The quantitative estimate of drug-likeness (QED) is 0.783. The van der Waals surface area contributed by atoms with Gasteiger partial charge >= 0.3 is 5.97 Å². The van der Waals surface area contributed by atoms with Gasteiger partial charge in [0, 0.05) is 10.5 Å². The normalized spacial score (nSPS) is 15.4. The minimum Gasteiger partial charge on any atom is -0.465 e. The third-order valence-electron chi connectivity index (χ3n) is 3.91. The summed E-state index contributed by atoms with van der Waals surface area (Å²) in [7, 11) is 0. The van der Waals surface area contributed by atoms with Crippen LogP contribution in [0.3, 0.4) is 0 Å². The fourth-order valence-electron chi connectivity index (χ4n) is 2.62. The smallest absolute Gasteiger partial charge is 0.319 e. The number of nitrogens with zero attached hydrogens (tertiary/aromatic N) is 2. The highest BCUT2D eigenvalue weighted by Gasteiger charge is 2.40. The Morgan fingerprint density at radius 2 is 2.19 bits per heavy atom. The zero-order chi connectivity index (χ0) is 15.2. The summed E-state index contributed by atoms with van der Waals surface area (Å²) < 4.78 is 8.45. The molecule has 112 valence electrons. The fraction of sp³-hybridized carbons (Fsp3) is 0.500. The maximum Gasteiger partial charge on any atom is 0.319 e. The van der Waals surface area contributed by atoms with Gasteiger partial charge in [-0.2, -0.15) is 0 Å². The van der Waals surface area contributed by atoms with Gasteiger partial charge in [-0.25, -0.2) is 4.98 Å². The molecule has 1 aromatic heterocycles. The van der Waals surface area contributed by atoms with E-state index in [2.05, 4.69) is 26.6 Å². The summed E-state index contributed by atoms with van der Waals surface area (Å²) in [5.74, 6) is 0.581. The molecule has 1 saturated carbocycles. The molecule has 0 aliphatic heterocycles. The molecule has 1 aliphatic carbocycles. The van der Waals surface area contributed by atoms with E-state index in [0.29, 0.717) is 12.6 Å². The van der Waals surface area contributed by atoms with Gasteiger partial charge in [-0.1, -0.05) is 15.9 Å². The third-order valence-corrected chi connectivity index (χ3v) is 4.40. The van der Waals surface area contributed by atoms with Gasteiger partial charge in [-0.15, -0.1) is 0 Å². The van der Waals surface area contributed by atoms with Crippen LogP contribution in [0.15, 0.2) is 22.7 Å². The van der Waals surface area contributed by atoms with E-state index in [-0.39, 0.29) is 5.97 Å². The zero-order valence-electron chi connectivity index (χ0n) is 12.5. The van der Waals surface area contributed by atoms with E-state index >= 15 is 0 Å². The monoisotopic (exact) mass is 350 g/mol. The summed E-state index contributed by atoms with van der Waals surface area (Å²) in [4.78, 5) is 17.1. The Morgan fingerprint density at radius 1 is 1.48 bits per heavy atom. The van der Waals surface area contributed by atoms with Crippen molar-refractivity contribution < 1.29 is 9.53 Å². The molecule has 1 aliphatic rings. The molecule has 0 bridgehead atoms. The molecule has 3 rings (SSSR count). The lowest BCUT2D eigenvalue weighted by atomic mass is 9.92. The second kappa shape index (κ2) is 5.13. The van der Waals surface area contributed by atoms with Crippen molar-refractivity contribution in [2.24, 2.45) is 0 Å². The molecule has 0 radical (unpaired) electrons. The number of benzene rings is 1. The molecule has 2 aromatic rings. The number of imidazole rings is 1. The molecule has 0 atom stereocenters. The lowest BCUT2D eigenvalue weighted by molar-refractivity contribution is -0.149. The second-order valence-corrected chi connectivity index (χ2v) is 6.93. The fourth-order valence-corrected chi connectivity index (χ4v) is 2.97. The maximum atomic E-state index is 12.3. The number of rotatable bonds is 4. The largest absolute Gasteiger partial charge is 0.465 e. The number of ether oxygens (including phenoxy) is 1. The molecular weight excluding hydrogens is 332 g/mol. The summed E-state index contributed by atoms with van der Waals surface area (Å²) in [5, 5.41) is 0. The molecule has 1 heterocycles. The van der Waals surface area contributed by atoms with Crippen molar-refractivity contribution in [3.63, 3.8) is 0 Å². The Morgan fingerprint density at radius 3 is 2.81 bits per heavy atom. The van der Waals surface area contributed by atoms with Gasteiger partial charge in [0.1, 0.15) is 11.2 Å². The van der Waals surface area contributed by atoms with E-state index in [1.54, 1.807) is 0 Å². The van der Waals surface area contributed by atoms with Crippen molar-refractivity contribution in [3.8, 4) is 0 Å². The Hall–Kier alpha value is -1.36. The summed E-state index contributed by atoms with van der Waals surface area (Å²) in [6, 6.07) is 6.54. The van der Waals surface area contributed by atoms with E-state index in [1.807, 2.05) is 32.9 Å². The standard InChI is InChI=1S/C16H19BrN2O2/c1-4-21-15(20)16(2,3)14-18-12-9-10(17)5-8-13(12)19(14)11-6-7-11/h5,8-9,11H,4,6-7H2,1-3H3. The highest BCUT2D eigenvalue weighted by Crippen LogP contribution is 2.42. The van der Waals surface area contributed by atoms with Crippen LogP contribution in [0.5, 0.6) is 0 Å². The van der Waals surface area contributed by atoms with E-state index in [1.165, 1.54) is 0 Å². The number of carbonyl (C=O) groups excluding carboxylic acids is 1. The van der Waals surface area contributed by atoms with E-state index < -0.39 is 5.41 Å². The van der Waals surface area contributed by atoms with Gasteiger partial charge in [0.15, 0.2) is 0 Å². The van der Waals surface area contributed by atoms with Crippen LogP contribution < -0.4 is 0 Å². The third kappa shape index (κ3) is 2.48. The molecule has 0 spiro atoms. The second-order valence-electron chi connectivity index (χ2n) is 6.02. The first kappa shape index (κ1) is 14.6. The predicted molar refractivity (Wildman–Crippen MR) is 85.4 cm³/mol. The first-order chi connectivity index (χ1) is 9.95. The Balaban J connectivity index is 2.17. The van der Waals surface area contributed by atoms with Crippen LogP contribution in [0, 0.1) is 0 Å². The van der Waals surface area contributed by atoms with Crippen LogP contribution in [-0.4, -0.2) is 22.1 Å². The van der Waals surface area contributed by atoms with Gasteiger partial charge in [0.25, 0.3) is 0 Å². The highest BCUT2D eigenvalue weighted by molar-refractivity contribution is 9.10. The van der Waals surface area contributed by atoms with Crippen LogP contribution in [0.25, 0.3) is 11.0 Å². The van der Waals surface area contributed by atoms with Crippen molar-refractivity contribution in [1.29, 1.82) is 0 Å². The number of esters is 1. The van der Waals surface area contributed by atoms with Crippen LogP contribution >= 0.6 is 15.9 Å². The number of halogens is 1. The van der Waals surface area contributed by atoms with Crippen molar-refractivity contribution in [1.82, 2.24) is 9.55 Å². The zero-order valence-corrected chi connectivity index (χ0v) is 14.1. The van der Waals surface area contributed by atoms with Crippen molar-refractivity contribution in [2.45, 2.75) is 45.1 Å². The molecule has 0 unspecified atom stereocenters. The predicted octanol–water partition coefficient (Wildman–Crippen LogP) is 3.97. The maximum absolute atomic E-state index is 12.3. The number of hydrogen-bond donors (Lipinski definition) is 0. The summed E-state index contributed by atoms with van der Waals surface area (Å²) in [6.45, 7) is 5.99. The number of carbonyl (C=O) groups is 1. The lowest BCUT2D eigenvalue weighted by Crippen LogP contribution is -2.34. The molecular formula is C16H19BrN2O2. The molecule has 0 amide bonds. The first-order valence-corrected chi connectivity index (χ1v) is 8.09. The minimum atomic E-state index is -0.746. The lowest BCUT2D eigenvalue weighted by Gasteiger charge is -2.23. The Bertz CT molecular complexity index is 702. The number of aromatic nitrogens is 2. The van der Waals surface area contributed by atoms with Crippen molar-refractivity contribution in [2.75, 3.05) is 6.61 Å². The van der Waals surface area contributed by atoms with Gasteiger partial charge in [0.2, 0.25) is 0 Å². The van der Waals surface area contributed by atoms with Crippen LogP contribution in [-0.2, 0) is 14.9 Å². The molecule has 0 N–H and O–H groups in total. The van der Waals surface area contributed by atoms with Gasteiger partial charge in [-0.3, -0.25) is 4.79 Å². The Kier molecular flexibility index (Phi) is 3.56. The molecule has 0 saturated heterocycles. The van der Waals surface area contributed by atoms with E-state index in [0.717, 1.165) is 34.2 Å². The average molecular weight is 351 g/mol. The topological polar surface area (TPSA) is 44.1 Å². The van der Waals surface area contributed by atoms with E-state index in [4.69, 9.17) is 9.72 Å². The molecule has 4 nitrogen and oxygen atoms in total. The SMILES string of the molecule is CCOC(=O)C(C)(C)c1nc2cc(Br)ccc2n1C1CC1. The molecule has 21 heavy (non-hydrogen) atoms. The number of hydrogen-bond acceptors (Lipinski definition) is 3. The van der Waals surface area contributed by atoms with Crippen LogP contribution in [0.2, 0.25) is 0 Å². The van der Waals surface area contributed by atoms with Gasteiger partial charge in [-0.05, 0) is 51.8 Å². The summed E-state index contributed by atoms with van der Waals surface area (Å²) in [5.41, 5.74) is 1.26. The Labute approximate surface area is 132 Å². The first-order valence-electron chi connectivity index (χ1n) is 7.30. The minimum absolute atomic E-state index is 0.221.